The van der Waals surface area contributed by atoms with E-state index in [0.29, 0.717) is 17.5 Å². The number of alkyl carbamates (subject to hydrolysis) is 1. The summed E-state index contributed by atoms with van der Waals surface area (Å²) in [5.74, 6) is 1.08. The zero-order valence-electron chi connectivity index (χ0n) is 16.8. The highest BCUT2D eigenvalue weighted by Crippen LogP contribution is 2.25. The predicted molar refractivity (Wildman–Crippen MR) is 113 cm³/mol. The first kappa shape index (κ1) is 20.9. The van der Waals surface area contributed by atoms with Gasteiger partial charge in [0.15, 0.2) is 0 Å². The third kappa shape index (κ3) is 6.94. The number of carbonyl (C=O) groups is 1. The summed E-state index contributed by atoms with van der Waals surface area (Å²) in [6, 6.07) is 19.4. The summed E-state index contributed by atoms with van der Waals surface area (Å²) in [7, 11) is 0. The Morgan fingerprint density at radius 2 is 1.66 bits per heavy atom. The number of nitrogens with one attached hydrogen (secondary N) is 1. The molecule has 1 amide bonds. The number of nitrogens with zero attached hydrogens (tertiary/aromatic N) is 2. The van der Waals surface area contributed by atoms with E-state index in [-0.39, 0.29) is 0 Å². The average molecular weight is 412 g/mol. The Bertz CT molecular complexity index is 908. The number of ether oxygens (including phenoxy) is 1. The van der Waals surface area contributed by atoms with Gasteiger partial charge in [-0.05, 0) is 31.9 Å². The lowest BCUT2D eigenvalue weighted by atomic mass is 10.1. The molecule has 0 bridgehead atoms. The molecule has 3 rings (SSSR count). The number of hydrogen-bond acceptors (Lipinski definition) is 6. The van der Waals surface area contributed by atoms with Gasteiger partial charge in [0.1, 0.15) is 11.6 Å². The minimum absolute atomic E-state index is 0.357. The van der Waals surface area contributed by atoms with E-state index < -0.39 is 17.7 Å². The van der Waals surface area contributed by atoms with Gasteiger partial charge in [-0.2, -0.15) is 0 Å². The van der Waals surface area contributed by atoms with Crippen molar-refractivity contribution in [2.45, 2.75) is 49.8 Å². The molecule has 29 heavy (non-hydrogen) atoms. The molecule has 0 saturated heterocycles. The summed E-state index contributed by atoms with van der Waals surface area (Å²) in [5.41, 5.74) is 1.63. The molecule has 6 nitrogen and oxygen atoms in total. The molecule has 1 atom stereocenters. The van der Waals surface area contributed by atoms with Gasteiger partial charge in [0.25, 0.3) is 5.22 Å². The lowest BCUT2D eigenvalue weighted by Gasteiger charge is -2.22. The summed E-state index contributed by atoms with van der Waals surface area (Å²) in [6.45, 7) is 5.47. The van der Waals surface area contributed by atoms with Gasteiger partial charge in [-0.1, -0.05) is 72.4 Å². The smallest absolute Gasteiger partial charge is 0.408 e. The predicted octanol–water partition coefficient (Wildman–Crippen LogP) is 5.17. The summed E-state index contributed by atoms with van der Waals surface area (Å²) in [6.07, 6.45) is 0.000509. The van der Waals surface area contributed by atoms with Crippen molar-refractivity contribution in [3.63, 3.8) is 0 Å². The summed E-state index contributed by atoms with van der Waals surface area (Å²) in [5, 5.41) is 11.6. The van der Waals surface area contributed by atoms with E-state index in [1.165, 1.54) is 17.3 Å². The number of thioether (sulfide) groups is 1. The van der Waals surface area contributed by atoms with Crippen molar-refractivity contribution in [1.29, 1.82) is 0 Å². The van der Waals surface area contributed by atoms with E-state index in [4.69, 9.17) is 9.15 Å². The van der Waals surface area contributed by atoms with E-state index in [1.54, 1.807) is 0 Å². The maximum Gasteiger partial charge on any atom is 0.408 e. The van der Waals surface area contributed by atoms with Crippen LogP contribution in [0.3, 0.4) is 0 Å². The van der Waals surface area contributed by atoms with Gasteiger partial charge in [0.05, 0.1) is 0 Å². The molecule has 2 aromatic carbocycles. The van der Waals surface area contributed by atoms with Crippen LogP contribution in [0.4, 0.5) is 4.79 Å². The van der Waals surface area contributed by atoms with Crippen LogP contribution in [0.2, 0.25) is 0 Å². The van der Waals surface area contributed by atoms with Crippen molar-refractivity contribution in [3.05, 3.63) is 77.7 Å². The fourth-order valence-corrected chi connectivity index (χ4v) is 3.36. The molecule has 0 radical (unpaired) electrons. The number of amides is 1. The molecule has 152 valence electrons. The zero-order chi connectivity index (χ0) is 20.7. The van der Waals surface area contributed by atoms with Crippen LogP contribution in [0.1, 0.15) is 43.8 Å². The van der Waals surface area contributed by atoms with Gasteiger partial charge in [0, 0.05) is 12.2 Å². The number of hydrogen-bond donors (Lipinski definition) is 1. The van der Waals surface area contributed by atoms with Crippen molar-refractivity contribution in [2.75, 3.05) is 0 Å². The molecule has 3 aromatic rings. The molecule has 1 aromatic heterocycles. The molecular weight excluding hydrogens is 386 g/mol. The number of aromatic nitrogens is 2. The Labute approximate surface area is 175 Å². The molecule has 0 saturated carbocycles. The van der Waals surface area contributed by atoms with Gasteiger partial charge in [-0.3, -0.25) is 0 Å². The van der Waals surface area contributed by atoms with Crippen LogP contribution in [0.15, 0.2) is 70.3 Å². The second-order valence-electron chi connectivity index (χ2n) is 7.57. The van der Waals surface area contributed by atoms with Crippen molar-refractivity contribution >= 4 is 17.9 Å². The molecule has 0 aliphatic rings. The van der Waals surface area contributed by atoms with Crippen molar-refractivity contribution in [3.8, 4) is 0 Å². The van der Waals surface area contributed by atoms with Crippen LogP contribution in [-0.4, -0.2) is 21.9 Å². The molecule has 1 heterocycles. The first-order valence-electron chi connectivity index (χ1n) is 9.42. The van der Waals surface area contributed by atoms with E-state index in [9.17, 15) is 4.79 Å². The Balaban J connectivity index is 1.71. The highest BCUT2D eigenvalue weighted by Gasteiger charge is 2.25. The Morgan fingerprint density at radius 1 is 1.03 bits per heavy atom. The van der Waals surface area contributed by atoms with E-state index in [0.717, 1.165) is 11.3 Å². The molecule has 0 fully saturated rings. The van der Waals surface area contributed by atoms with Crippen LogP contribution >= 0.6 is 11.8 Å². The van der Waals surface area contributed by atoms with Crippen molar-refractivity contribution in [2.24, 2.45) is 0 Å². The Hall–Kier alpha value is -2.80. The van der Waals surface area contributed by atoms with Crippen molar-refractivity contribution in [1.82, 2.24) is 15.5 Å². The molecule has 0 aliphatic carbocycles. The van der Waals surface area contributed by atoms with E-state index in [2.05, 4.69) is 15.5 Å². The van der Waals surface area contributed by atoms with Crippen LogP contribution in [0, 0.1) is 0 Å². The van der Waals surface area contributed by atoms with E-state index in [1.807, 2.05) is 81.4 Å². The maximum absolute atomic E-state index is 12.3. The maximum atomic E-state index is 12.3. The zero-order valence-corrected chi connectivity index (χ0v) is 17.6. The first-order valence-corrected chi connectivity index (χ1v) is 10.4. The van der Waals surface area contributed by atoms with Crippen LogP contribution < -0.4 is 5.32 Å². The van der Waals surface area contributed by atoms with E-state index >= 15 is 0 Å². The average Bonchev–Trinajstić information content (AvgIpc) is 3.15. The SMILES string of the molecule is CC(C)(C)OC(=O)N[C@@H](Cc1ccccc1)c1nnc(SCc2ccccc2)o1. The fraction of sp³-hybridized carbons (Fsp3) is 0.318. The molecule has 1 N–H and O–H groups in total. The van der Waals surface area contributed by atoms with Crippen LogP contribution in [0.5, 0.6) is 0 Å². The molecule has 7 heteroatoms. The third-order valence-electron chi connectivity index (χ3n) is 3.90. The lowest BCUT2D eigenvalue weighted by molar-refractivity contribution is 0.0494. The normalized spacial score (nSPS) is 12.4. The highest BCUT2D eigenvalue weighted by atomic mass is 32.2. The minimum Gasteiger partial charge on any atom is -0.444 e. The Morgan fingerprint density at radius 3 is 2.28 bits per heavy atom. The van der Waals surface area contributed by atoms with Gasteiger partial charge in [-0.15, -0.1) is 10.2 Å². The molecule has 0 aliphatic heterocycles. The standard InChI is InChI=1S/C22H25N3O3S/c1-22(2,3)28-20(26)23-18(14-16-10-6-4-7-11-16)19-24-25-21(27-19)29-15-17-12-8-5-9-13-17/h4-13,18H,14-15H2,1-3H3,(H,23,26)/t18-/m0/s1. The van der Waals surface area contributed by atoms with Gasteiger partial charge >= 0.3 is 6.09 Å². The minimum atomic E-state index is -0.590. The van der Waals surface area contributed by atoms with Crippen LogP contribution in [-0.2, 0) is 16.9 Å². The highest BCUT2D eigenvalue weighted by molar-refractivity contribution is 7.98. The van der Waals surface area contributed by atoms with Crippen LogP contribution in [0.25, 0.3) is 0 Å². The number of rotatable bonds is 7. The van der Waals surface area contributed by atoms with Gasteiger partial charge < -0.3 is 14.5 Å². The summed E-state index contributed by atoms with van der Waals surface area (Å²) >= 11 is 1.46. The van der Waals surface area contributed by atoms with Crippen molar-refractivity contribution < 1.29 is 13.9 Å². The second-order valence-corrected chi connectivity index (χ2v) is 8.50. The molecule has 0 spiro atoms. The summed E-state index contributed by atoms with van der Waals surface area (Å²) in [4.78, 5) is 12.3. The third-order valence-corrected chi connectivity index (χ3v) is 4.79. The fourth-order valence-electron chi connectivity index (χ4n) is 2.64. The number of benzene rings is 2. The van der Waals surface area contributed by atoms with Gasteiger partial charge in [-0.25, -0.2) is 4.79 Å². The monoisotopic (exact) mass is 411 g/mol. The molecular formula is C22H25N3O3S. The van der Waals surface area contributed by atoms with Gasteiger partial charge in [0.2, 0.25) is 5.89 Å². The quantitative estimate of drug-likeness (QED) is 0.541. The first-order chi connectivity index (χ1) is 13.9. The molecule has 0 unspecified atom stereocenters. The topological polar surface area (TPSA) is 77.2 Å². The number of carbonyl (C=O) groups excluding carboxylic acids is 1. The second kappa shape index (κ2) is 9.60. The largest absolute Gasteiger partial charge is 0.444 e. The Kier molecular flexibility index (Phi) is 6.93. The lowest BCUT2D eigenvalue weighted by Crippen LogP contribution is -2.36. The summed E-state index contributed by atoms with van der Waals surface area (Å²) < 4.78 is 11.2.